The van der Waals surface area contributed by atoms with Crippen LogP contribution in [0.4, 0.5) is 11.6 Å². The van der Waals surface area contributed by atoms with Crippen molar-refractivity contribution in [3.8, 4) is 0 Å². The molecule has 6 nitrogen and oxygen atoms in total. The molecule has 1 saturated carbocycles. The number of ether oxygens (including phenoxy) is 1. The van der Waals surface area contributed by atoms with Crippen LogP contribution in [0.1, 0.15) is 26.2 Å². The maximum atomic E-state index is 10.2. The lowest BCUT2D eigenvalue weighted by Crippen LogP contribution is -2.62. The number of halogens is 1. The number of nitrogens with two attached hydrogens (primary N) is 1. The van der Waals surface area contributed by atoms with Gasteiger partial charge in [0.1, 0.15) is 17.2 Å². The SMILES string of the molecule is CCO[C@H]1C[C@@H](O)C12CCN(c1ncnc(N)c1Cl)CC2. The minimum Gasteiger partial charge on any atom is -0.392 e. The van der Waals surface area contributed by atoms with Gasteiger partial charge in [-0.1, -0.05) is 11.6 Å². The predicted molar refractivity (Wildman–Crippen MR) is 81.4 cm³/mol. The molecule has 1 aromatic heterocycles. The summed E-state index contributed by atoms with van der Waals surface area (Å²) in [5.74, 6) is 0.985. The van der Waals surface area contributed by atoms with Crippen LogP contribution in [0.5, 0.6) is 0 Å². The number of hydrogen-bond acceptors (Lipinski definition) is 6. The van der Waals surface area contributed by atoms with Gasteiger partial charge in [-0.05, 0) is 19.8 Å². The lowest BCUT2D eigenvalue weighted by atomic mass is 9.58. The highest BCUT2D eigenvalue weighted by Crippen LogP contribution is 2.51. The first kappa shape index (κ1) is 14.8. The topological polar surface area (TPSA) is 84.5 Å². The smallest absolute Gasteiger partial charge is 0.153 e. The predicted octanol–water partition coefficient (Wildman–Crippen LogP) is 1.47. The molecule has 1 aliphatic heterocycles. The van der Waals surface area contributed by atoms with Gasteiger partial charge in [0.2, 0.25) is 0 Å². The van der Waals surface area contributed by atoms with Crippen LogP contribution < -0.4 is 10.6 Å². The van der Waals surface area contributed by atoms with Gasteiger partial charge in [0.05, 0.1) is 12.2 Å². The Kier molecular flexibility index (Phi) is 3.94. The molecule has 1 aliphatic carbocycles. The number of hydrogen-bond donors (Lipinski definition) is 2. The normalized spacial score (nSPS) is 27.7. The first-order valence-electron chi connectivity index (χ1n) is 7.39. The summed E-state index contributed by atoms with van der Waals surface area (Å²) in [6.45, 7) is 4.27. The van der Waals surface area contributed by atoms with E-state index in [-0.39, 0.29) is 17.6 Å². The Morgan fingerprint density at radius 1 is 1.48 bits per heavy atom. The van der Waals surface area contributed by atoms with Crippen molar-refractivity contribution in [1.82, 2.24) is 9.97 Å². The molecule has 3 N–H and O–H groups in total. The van der Waals surface area contributed by atoms with Crippen LogP contribution in [0.15, 0.2) is 6.33 Å². The van der Waals surface area contributed by atoms with Crippen molar-refractivity contribution < 1.29 is 9.84 Å². The first-order valence-corrected chi connectivity index (χ1v) is 7.77. The number of rotatable bonds is 3. The average Bonchev–Trinajstić information content (AvgIpc) is 2.50. The number of nitrogen functional groups attached to an aromatic ring is 1. The Balaban J connectivity index is 1.72. The molecule has 1 aromatic rings. The Morgan fingerprint density at radius 2 is 2.19 bits per heavy atom. The van der Waals surface area contributed by atoms with Crippen LogP contribution in [0.2, 0.25) is 5.02 Å². The number of anilines is 2. The van der Waals surface area contributed by atoms with Crippen molar-refractivity contribution in [1.29, 1.82) is 0 Å². The minimum absolute atomic E-state index is 0.0996. The van der Waals surface area contributed by atoms with E-state index in [1.54, 1.807) is 0 Å². The fourth-order valence-corrected chi connectivity index (χ4v) is 3.76. The van der Waals surface area contributed by atoms with Crippen molar-refractivity contribution in [3.05, 3.63) is 11.3 Å². The fraction of sp³-hybridized carbons (Fsp3) is 0.714. The summed E-state index contributed by atoms with van der Waals surface area (Å²) < 4.78 is 5.78. The Hall–Kier alpha value is -1.11. The number of aliphatic hydroxyl groups is 1. The largest absolute Gasteiger partial charge is 0.392 e. The third-order valence-corrected chi connectivity index (χ3v) is 5.26. The third-order valence-electron chi connectivity index (χ3n) is 4.90. The zero-order valence-electron chi connectivity index (χ0n) is 12.1. The molecule has 2 heterocycles. The standard InChI is InChI=1S/C14H21ClN4O2/c1-2-21-10-7-9(20)14(10)3-5-19(6-4-14)13-11(15)12(16)17-8-18-13/h8-10,20H,2-7H2,1H3,(H2,16,17,18)/t9-,10+/m1/s1. The molecular formula is C14H21ClN4O2. The molecule has 0 bridgehead atoms. The number of piperidine rings is 1. The second-order valence-electron chi connectivity index (χ2n) is 5.81. The molecule has 0 unspecified atom stereocenters. The molecule has 2 aliphatic rings. The Bertz CT molecular complexity index is 518. The van der Waals surface area contributed by atoms with Gasteiger partial charge in [-0.2, -0.15) is 0 Å². The Labute approximate surface area is 129 Å². The molecule has 21 heavy (non-hydrogen) atoms. The van der Waals surface area contributed by atoms with E-state index in [4.69, 9.17) is 22.1 Å². The van der Waals surface area contributed by atoms with E-state index in [2.05, 4.69) is 14.9 Å². The van der Waals surface area contributed by atoms with E-state index in [9.17, 15) is 5.11 Å². The van der Waals surface area contributed by atoms with Crippen LogP contribution in [-0.4, -0.2) is 47.0 Å². The molecular weight excluding hydrogens is 292 g/mol. The van der Waals surface area contributed by atoms with E-state index < -0.39 is 0 Å². The number of aromatic nitrogens is 2. The van der Waals surface area contributed by atoms with Gasteiger partial charge in [0, 0.05) is 31.5 Å². The third kappa shape index (κ3) is 2.35. The highest BCUT2D eigenvalue weighted by Gasteiger charge is 2.56. The molecule has 7 heteroatoms. The Morgan fingerprint density at radius 3 is 2.81 bits per heavy atom. The fourth-order valence-electron chi connectivity index (χ4n) is 3.55. The molecule has 1 spiro atoms. The van der Waals surface area contributed by atoms with E-state index in [0.29, 0.717) is 23.3 Å². The maximum absolute atomic E-state index is 10.2. The molecule has 2 fully saturated rings. The summed E-state index contributed by atoms with van der Waals surface area (Å²) in [6, 6.07) is 0. The molecule has 0 amide bonds. The molecule has 0 radical (unpaired) electrons. The van der Waals surface area contributed by atoms with Gasteiger partial charge in [0.25, 0.3) is 0 Å². The highest BCUT2D eigenvalue weighted by atomic mass is 35.5. The van der Waals surface area contributed by atoms with Gasteiger partial charge >= 0.3 is 0 Å². The summed E-state index contributed by atoms with van der Waals surface area (Å²) in [5, 5.41) is 10.6. The number of aliphatic hydroxyl groups excluding tert-OH is 1. The monoisotopic (exact) mass is 312 g/mol. The molecule has 3 rings (SSSR count). The second-order valence-corrected chi connectivity index (χ2v) is 6.19. The van der Waals surface area contributed by atoms with Crippen molar-refractivity contribution >= 4 is 23.2 Å². The summed E-state index contributed by atoms with van der Waals surface area (Å²) in [7, 11) is 0. The number of nitrogens with zero attached hydrogens (tertiary/aromatic N) is 3. The van der Waals surface area contributed by atoms with Gasteiger partial charge in [-0.25, -0.2) is 9.97 Å². The van der Waals surface area contributed by atoms with Crippen LogP contribution in [0.25, 0.3) is 0 Å². The van der Waals surface area contributed by atoms with E-state index >= 15 is 0 Å². The zero-order chi connectivity index (χ0) is 15.0. The molecule has 116 valence electrons. The molecule has 0 aromatic carbocycles. The molecule has 1 saturated heterocycles. The minimum atomic E-state index is -0.262. The zero-order valence-corrected chi connectivity index (χ0v) is 12.9. The lowest BCUT2D eigenvalue weighted by Gasteiger charge is -2.56. The van der Waals surface area contributed by atoms with Crippen molar-refractivity contribution in [3.63, 3.8) is 0 Å². The van der Waals surface area contributed by atoms with Gasteiger partial charge in [0.15, 0.2) is 5.82 Å². The first-order chi connectivity index (χ1) is 10.1. The van der Waals surface area contributed by atoms with Crippen LogP contribution in [-0.2, 0) is 4.74 Å². The molecule has 2 atom stereocenters. The second kappa shape index (κ2) is 5.59. The van der Waals surface area contributed by atoms with Crippen LogP contribution in [0.3, 0.4) is 0 Å². The maximum Gasteiger partial charge on any atom is 0.153 e. The van der Waals surface area contributed by atoms with Gasteiger partial charge in [-0.3, -0.25) is 0 Å². The van der Waals surface area contributed by atoms with Crippen molar-refractivity contribution in [2.45, 2.75) is 38.4 Å². The average molecular weight is 313 g/mol. The van der Waals surface area contributed by atoms with E-state index in [1.807, 2.05) is 6.92 Å². The van der Waals surface area contributed by atoms with E-state index in [0.717, 1.165) is 32.4 Å². The van der Waals surface area contributed by atoms with Crippen molar-refractivity contribution in [2.24, 2.45) is 5.41 Å². The van der Waals surface area contributed by atoms with Crippen LogP contribution in [0, 0.1) is 5.41 Å². The summed E-state index contributed by atoms with van der Waals surface area (Å²) in [4.78, 5) is 10.2. The van der Waals surface area contributed by atoms with Crippen molar-refractivity contribution in [2.75, 3.05) is 30.3 Å². The lowest BCUT2D eigenvalue weighted by molar-refractivity contribution is -0.199. The van der Waals surface area contributed by atoms with E-state index in [1.165, 1.54) is 6.33 Å². The quantitative estimate of drug-likeness (QED) is 0.879. The highest BCUT2D eigenvalue weighted by molar-refractivity contribution is 6.35. The van der Waals surface area contributed by atoms with Crippen LogP contribution >= 0.6 is 11.6 Å². The summed E-state index contributed by atoms with van der Waals surface area (Å²) >= 11 is 6.19. The summed E-state index contributed by atoms with van der Waals surface area (Å²) in [5.41, 5.74) is 5.63. The van der Waals surface area contributed by atoms with Gasteiger partial charge in [-0.15, -0.1) is 0 Å². The summed E-state index contributed by atoms with van der Waals surface area (Å²) in [6.07, 6.45) is 3.84. The van der Waals surface area contributed by atoms with Gasteiger partial charge < -0.3 is 20.5 Å².